The summed E-state index contributed by atoms with van der Waals surface area (Å²) in [6.07, 6.45) is 0.138. The molecule has 1 unspecified atom stereocenters. The van der Waals surface area contributed by atoms with Crippen molar-refractivity contribution in [2.45, 2.75) is 26.4 Å². The van der Waals surface area contributed by atoms with Crippen LogP contribution >= 0.6 is 0 Å². The fourth-order valence-corrected chi connectivity index (χ4v) is 3.40. The summed E-state index contributed by atoms with van der Waals surface area (Å²) in [6, 6.07) is 6.03. The average Bonchev–Trinajstić information content (AvgIpc) is 3.10. The maximum Gasteiger partial charge on any atom is 0.268 e. The Balaban J connectivity index is 1.64. The molecular formula is C17H19N3O3. The molecule has 0 N–H and O–H groups in total. The molecule has 2 aliphatic rings. The van der Waals surface area contributed by atoms with Gasteiger partial charge in [0, 0.05) is 13.5 Å². The number of benzene rings is 1. The number of ether oxygens (including phenoxy) is 2. The third-order valence-corrected chi connectivity index (χ3v) is 4.46. The van der Waals surface area contributed by atoms with Gasteiger partial charge in [-0.3, -0.25) is 9.69 Å². The minimum atomic E-state index is -0.475. The molecule has 2 aliphatic heterocycles. The monoisotopic (exact) mass is 313 g/mol. The molecule has 23 heavy (non-hydrogen) atoms. The number of carbonyl (C=O) groups excluding carboxylic acids is 1. The Morgan fingerprint density at radius 1 is 1.35 bits per heavy atom. The summed E-state index contributed by atoms with van der Waals surface area (Å²) in [5, 5.41) is 4.36. The summed E-state index contributed by atoms with van der Waals surface area (Å²) in [6.45, 7) is 4.88. The van der Waals surface area contributed by atoms with Crippen molar-refractivity contribution in [3.63, 3.8) is 0 Å². The molecule has 1 atom stereocenters. The van der Waals surface area contributed by atoms with Gasteiger partial charge in [0.05, 0.1) is 12.2 Å². The van der Waals surface area contributed by atoms with Crippen LogP contribution in [0.15, 0.2) is 18.2 Å². The first kappa shape index (κ1) is 14.1. The van der Waals surface area contributed by atoms with Gasteiger partial charge < -0.3 is 9.47 Å². The molecule has 120 valence electrons. The number of aromatic nitrogens is 2. The zero-order valence-corrected chi connectivity index (χ0v) is 13.5. The van der Waals surface area contributed by atoms with Crippen LogP contribution in [0.1, 0.15) is 16.8 Å². The summed E-state index contributed by atoms with van der Waals surface area (Å²) in [5.74, 6) is 1.47. The Hall–Kier alpha value is -2.50. The lowest BCUT2D eigenvalue weighted by Gasteiger charge is -2.29. The predicted molar refractivity (Wildman–Crippen MR) is 85.1 cm³/mol. The Labute approximate surface area is 134 Å². The van der Waals surface area contributed by atoms with Crippen LogP contribution in [0.3, 0.4) is 0 Å². The second-order valence-corrected chi connectivity index (χ2v) is 6.07. The van der Waals surface area contributed by atoms with E-state index in [1.165, 1.54) is 0 Å². The third-order valence-electron chi connectivity index (χ3n) is 4.46. The number of anilines is 1. The minimum absolute atomic E-state index is 0.0266. The van der Waals surface area contributed by atoms with E-state index >= 15 is 0 Å². The van der Waals surface area contributed by atoms with Crippen LogP contribution in [0.25, 0.3) is 0 Å². The van der Waals surface area contributed by atoms with E-state index in [9.17, 15) is 4.79 Å². The molecule has 0 saturated heterocycles. The van der Waals surface area contributed by atoms with Crippen LogP contribution in [-0.2, 0) is 18.3 Å². The number of hydrogen-bond donors (Lipinski definition) is 0. The number of hydrogen-bond acceptors (Lipinski definition) is 4. The number of nitrogens with zero attached hydrogens (tertiary/aromatic N) is 3. The molecule has 0 spiro atoms. The average molecular weight is 313 g/mol. The fourth-order valence-electron chi connectivity index (χ4n) is 3.40. The highest BCUT2D eigenvalue weighted by Crippen LogP contribution is 2.37. The molecule has 4 rings (SSSR count). The van der Waals surface area contributed by atoms with Gasteiger partial charge in [-0.1, -0.05) is 18.2 Å². The zero-order chi connectivity index (χ0) is 16.1. The van der Waals surface area contributed by atoms with E-state index in [4.69, 9.17) is 9.47 Å². The highest BCUT2D eigenvalue weighted by molar-refractivity contribution is 5.99. The molecule has 0 bridgehead atoms. The molecular weight excluding hydrogens is 294 g/mol. The molecule has 1 amide bonds. The standard InChI is InChI=1S/C17H19N3O3/c1-10-5-4-6-12-9-13(23-15(10)12)16(21)20-7-8-22-17-14(20)11(2)18-19(17)3/h4-6,13H,7-9H2,1-3H3. The van der Waals surface area contributed by atoms with Gasteiger partial charge in [0.15, 0.2) is 6.10 Å². The van der Waals surface area contributed by atoms with Crippen molar-refractivity contribution in [1.29, 1.82) is 0 Å². The zero-order valence-electron chi connectivity index (χ0n) is 13.5. The van der Waals surface area contributed by atoms with E-state index in [1.54, 1.807) is 9.58 Å². The molecule has 3 heterocycles. The van der Waals surface area contributed by atoms with E-state index in [2.05, 4.69) is 5.10 Å². The van der Waals surface area contributed by atoms with Crippen LogP contribution in [0, 0.1) is 13.8 Å². The molecule has 0 radical (unpaired) electrons. The molecule has 6 heteroatoms. The number of rotatable bonds is 1. The van der Waals surface area contributed by atoms with Crippen molar-refractivity contribution in [2.75, 3.05) is 18.1 Å². The quantitative estimate of drug-likeness (QED) is 0.805. The smallest absolute Gasteiger partial charge is 0.268 e. The van der Waals surface area contributed by atoms with Gasteiger partial charge in [0.25, 0.3) is 5.91 Å². The van der Waals surface area contributed by atoms with Gasteiger partial charge in [-0.15, -0.1) is 0 Å². The Bertz CT molecular complexity index is 797. The maximum atomic E-state index is 13.0. The van der Waals surface area contributed by atoms with Gasteiger partial charge in [-0.05, 0) is 25.0 Å². The second kappa shape index (κ2) is 5.01. The van der Waals surface area contributed by atoms with Crippen LogP contribution < -0.4 is 14.4 Å². The van der Waals surface area contributed by atoms with E-state index in [-0.39, 0.29) is 5.91 Å². The molecule has 2 aromatic rings. The maximum absolute atomic E-state index is 13.0. The van der Waals surface area contributed by atoms with Crippen molar-refractivity contribution in [3.8, 4) is 11.6 Å². The van der Waals surface area contributed by atoms with E-state index in [1.807, 2.05) is 39.1 Å². The Kier molecular flexibility index (Phi) is 3.07. The number of aryl methyl sites for hydroxylation is 3. The van der Waals surface area contributed by atoms with Gasteiger partial charge in [0.2, 0.25) is 5.88 Å². The molecule has 0 saturated carbocycles. The van der Waals surface area contributed by atoms with Crippen LogP contribution in [0.2, 0.25) is 0 Å². The molecule has 0 fully saturated rings. The summed E-state index contributed by atoms with van der Waals surface area (Å²) in [5.41, 5.74) is 3.72. The van der Waals surface area contributed by atoms with Gasteiger partial charge in [-0.2, -0.15) is 5.10 Å². The number of para-hydroxylation sites is 1. The first-order valence-corrected chi connectivity index (χ1v) is 7.79. The van der Waals surface area contributed by atoms with Crippen molar-refractivity contribution < 1.29 is 14.3 Å². The predicted octanol–water partition coefficient (Wildman–Crippen LogP) is 1.77. The largest absolute Gasteiger partial charge is 0.480 e. The van der Waals surface area contributed by atoms with Crippen LogP contribution in [0.4, 0.5) is 5.69 Å². The molecule has 0 aliphatic carbocycles. The minimum Gasteiger partial charge on any atom is -0.480 e. The topological polar surface area (TPSA) is 56.6 Å². The number of amides is 1. The lowest BCUT2D eigenvalue weighted by molar-refractivity contribution is -0.124. The molecule has 1 aromatic carbocycles. The van der Waals surface area contributed by atoms with E-state index < -0.39 is 6.10 Å². The lowest BCUT2D eigenvalue weighted by Crippen LogP contribution is -2.45. The Morgan fingerprint density at radius 3 is 2.96 bits per heavy atom. The fraction of sp³-hybridized carbons (Fsp3) is 0.412. The summed E-state index contributed by atoms with van der Waals surface area (Å²) in [7, 11) is 1.82. The van der Waals surface area contributed by atoms with E-state index in [0.717, 1.165) is 28.3 Å². The normalized spacial score (nSPS) is 18.9. The van der Waals surface area contributed by atoms with E-state index in [0.29, 0.717) is 25.5 Å². The van der Waals surface area contributed by atoms with Crippen molar-refractivity contribution in [2.24, 2.45) is 7.05 Å². The highest BCUT2D eigenvalue weighted by atomic mass is 16.5. The van der Waals surface area contributed by atoms with Crippen molar-refractivity contribution in [1.82, 2.24) is 9.78 Å². The van der Waals surface area contributed by atoms with Crippen molar-refractivity contribution >= 4 is 11.6 Å². The molecule has 6 nitrogen and oxygen atoms in total. The number of fused-ring (bicyclic) bond motifs is 2. The third kappa shape index (κ3) is 2.09. The lowest BCUT2D eigenvalue weighted by atomic mass is 10.1. The van der Waals surface area contributed by atoms with Gasteiger partial charge in [0.1, 0.15) is 18.0 Å². The summed E-state index contributed by atoms with van der Waals surface area (Å²) < 4.78 is 13.3. The van der Waals surface area contributed by atoms with Crippen molar-refractivity contribution in [3.05, 3.63) is 35.0 Å². The summed E-state index contributed by atoms with van der Waals surface area (Å²) in [4.78, 5) is 14.8. The second-order valence-electron chi connectivity index (χ2n) is 6.07. The SMILES string of the molecule is Cc1cccc2c1OC(C(=O)N1CCOc3c1c(C)nn3C)C2. The van der Waals surface area contributed by atoms with Crippen LogP contribution in [0.5, 0.6) is 11.6 Å². The van der Waals surface area contributed by atoms with Crippen LogP contribution in [-0.4, -0.2) is 34.9 Å². The first-order chi connectivity index (χ1) is 11.1. The van der Waals surface area contributed by atoms with Gasteiger partial charge >= 0.3 is 0 Å². The Morgan fingerprint density at radius 2 is 2.17 bits per heavy atom. The molecule has 1 aromatic heterocycles. The number of carbonyl (C=O) groups is 1. The van der Waals surface area contributed by atoms with Gasteiger partial charge in [-0.25, -0.2) is 4.68 Å². The summed E-state index contributed by atoms with van der Waals surface area (Å²) >= 11 is 0. The first-order valence-electron chi connectivity index (χ1n) is 7.79. The highest BCUT2D eigenvalue weighted by Gasteiger charge is 2.37.